The zero-order chi connectivity index (χ0) is 8.43. The Kier molecular flexibility index (Phi) is 2.35. The van der Waals surface area contributed by atoms with Gasteiger partial charge < -0.3 is 10.6 Å². The molecule has 2 heteroatoms. The van der Waals surface area contributed by atoms with Crippen LogP contribution in [-0.2, 0) is 0 Å². The van der Waals surface area contributed by atoms with Crippen LogP contribution in [0.25, 0.3) is 0 Å². The molecule has 2 N–H and O–H groups in total. The van der Waals surface area contributed by atoms with E-state index < -0.39 is 0 Å². The van der Waals surface area contributed by atoms with E-state index in [0.717, 1.165) is 0 Å². The highest BCUT2D eigenvalue weighted by Crippen LogP contribution is 2.15. The van der Waals surface area contributed by atoms with Crippen LogP contribution < -0.4 is 5.73 Å². The Morgan fingerprint density at radius 1 is 1.45 bits per heavy atom. The lowest BCUT2D eigenvalue weighted by atomic mass is 9.96. The van der Waals surface area contributed by atoms with E-state index in [-0.39, 0.29) is 6.04 Å². The van der Waals surface area contributed by atoms with Crippen LogP contribution in [0.15, 0.2) is 23.9 Å². The lowest BCUT2D eigenvalue weighted by molar-refractivity contribution is 0.502. The number of hydrogen-bond donors (Lipinski definition) is 1. The average Bonchev–Trinajstić information content (AvgIpc) is 1.94. The van der Waals surface area contributed by atoms with Gasteiger partial charge in [0.05, 0.1) is 0 Å². The van der Waals surface area contributed by atoms with Gasteiger partial charge in [-0.25, -0.2) is 0 Å². The first-order chi connectivity index (χ1) is 5.11. The molecule has 0 bridgehead atoms. The number of likely N-dealkylation sites (N-methyl/N-ethyl adjacent to an activating group) is 1. The highest BCUT2D eigenvalue weighted by molar-refractivity contribution is 5.25. The summed E-state index contributed by atoms with van der Waals surface area (Å²) in [6.07, 6.45) is 6.33. The van der Waals surface area contributed by atoms with E-state index in [4.69, 9.17) is 5.73 Å². The summed E-state index contributed by atoms with van der Waals surface area (Å²) in [6, 6.07) is 0.193. The third-order valence-electron chi connectivity index (χ3n) is 2.05. The number of rotatable bonds is 1. The second-order valence-corrected chi connectivity index (χ2v) is 3.28. The van der Waals surface area contributed by atoms with Crippen molar-refractivity contribution in [3.63, 3.8) is 0 Å². The Labute approximate surface area is 68.4 Å². The lowest BCUT2D eigenvalue weighted by Crippen LogP contribution is -2.28. The molecular formula is C9H16N2. The van der Waals surface area contributed by atoms with E-state index in [1.54, 1.807) is 0 Å². The Bertz CT molecular complexity index is 192. The fraction of sp³-hybridized carbons (Fsp3) is 0.556. The Morgan fingerprint density at radius 2 is 2.09 bits per heavy atom. The first kappa shape index (κ1) is 8.34. The maximum Gasteiger partial charge on any atom is 0.0321 e. The number of nitrogens with two attached hydrogens (primary N) is 1. The van der Waals surface area contributed by atoms with Crippen molar-refractivity contribution in [1.29, 1.82) is 0 Å². The summed E-state index contributed by atoms with van der Waals surface area (Å²) < 4.78 is 0. The highest BCUT2D eigenvalue weighted by Gasteiger charge is 2.12. The van der Waals surface area contributed by atoms with Gasteiger partial charge in [-0.05, 0) is 12.0 Å². The Hall–Kier alpha value is -0.760. The van der Waals surface area contributed by atoms with Crippen molar-refractivity contribution in [3.8, 4) is 0 Å². The van der Waals surface area contributed by atoms with E-state index in [9.17, 15) is 0 Å². The van der Waals surface area contributed by atoms with E-state index >= 15 is 0 Å². The van der Waals surface area contributed by atoms with Gasteiger partial charge in [0.15, 0.2) is 0 Å². The molecule has 62 valence electrons. The van der Waals surface area contributed by atoms with Crippen LogP contribution in [-0.4, -0.2) is 25.0 Å². The minimum absolute atomic E-state index is 0.193. The van der Waals surface area contributed by atoms with Gasteiger partial charge in [-0.1, -0.05) is 19.1 Å². The van der Waals surface area contributed by atoms with Crippen molar-refractivity contribution in [1.82, 2.24) is 4.90 Å². The molecule has 1 rings (SSSR count). The molecule has 0 aliphatic heterocycles. The molecule has 0 aromatic heterocycles. The molecule has 0 saturated heterocycles. The summed E-state index contributed by atoms with van der Waals surface area (Å²) in [5.74, 6) is 0.456. The van der Waals surface area contributed by atoms with Crippen molar-refractivity contribution in [2.75, 3.05) is 14.1 Å². The van der Waals surface area contributed by atoms with Gasteiger partial charge in [0.25, 0.3) is 0 Å². The quantitative estimate of drug-likeness (QED) is 0.606. The fourth-order valence-electron chi connectivity index (χ4n) is 1.12. The molecule has 1 aliphatic rings. The summed E-state index contributed by atoms with van der Waals surface area (Å²) in [5, 5.41) is 0. The molecular weight excluding hydrogens is 136 g/mol. The molecule has 2 unspecified atom stereocenters. The van der Waals surface area contributed by atoms with E-state index in [0.29, 0.717) is 5.92 Å². The van der Waals surface area contributed by atoms with E-state index in [1.807, 2.05) is 14.1 Å². The zero-order valence-corrected chi connectivity index (χ0v) is 7.41. The van der Waals surface area contributed by atoms with Crippen molar-refractivity contribution in [2.45, 2.75) is 13.0 Å². The van der Waals surface area contributed by atoms with Gasteiger partial charge in [0, 0.05) is 25.8 Å². The predicted molar refractivity (Wildman–Crippen MR) is 48.0 cm³/mol. The number of hydrogen-bond acceptors (Lipinski definition) is 2. The Morgan fingerprint density at radius 3 is 2.55 bits per heavy atom. The summed E-state index contributed by atoms with van der Waals surface area (Å²) in [6.45, 7) is 2.14. The molecule has 11 heavy (non-hydrogen) atoms. The number of allylic oxidation sites excluding steroid dienone is 1. The molecule has 0 heterocycles. The first-order valence-corrected chi connectivity index (χ1v) is 3.94. The van der Waals surface area contributed by atoms with Crippen LogP contribution in [0.3, 0.4) is 0 Å². The monoisotopic (exact) mass is 152 g/mol. The summed E-state index contributed by atoms with van der Waals surface area (Å²) >= 11 is 0. The topological polar surface area (TPSA) is 29.3 Å². The average molecular weight is 152 g/mol. The molecule has 0 saturated carbocycles. The largest absolute Gasteiger partial charge is 0.378 e. The van der Waals surface area contributed by atoms with Gasteiger partial charge >= 0.3 is 0 Å². The molecule has 2 nitrogen and oxygen atoms in total. The minimum atomic E-state index is 0.193. The smallest absolute Gasteiger partial charge is 0.0321 e. The van der Waals surface area contributed by atoms with Crippen molar-refractivity contribution < 1.29 is 0 Å². The molecule has 0 fully saturated rings. The van der Waals surface area contributed by atoms with Crippen molar-refractivity contribution in [2.24, 2.45) is 11.7 Å². The van der Waals surface area contributed by atoms with Crippen molar-refractivity contribution in [3.05, 3.63) is 23.9 Å². The van der Waals surface area contributed by atoms with Gasteiger partial charge in [0.2, 0.25) is 0 Å². The third kappa shape index (κ3) is 1.84. The van der Waals surface area contributed by atoms with Crippen LogP contribution in [0.1, 0.15) is 6.92 Å². The van der Waals surface area contributed by atoms with Crippen molar-refractivity contribution >= 4 is 0 Å². The summed E-state index contributed by atoms with van der Waals surface area (Å²) in [4.78, 5) is 2.10. The van der Waals surface area contributed by atoms with Crippen LogP contribution in [0, 0.1) is 5.92 Å². The molecule has 0 radical (unpaired) electrons. The second kappa shape index (κ2) is 3.09. The van der Waals surface area contributed by atoms with Gasteiger partial charge in [-0.15, -0.1) is 0 Å². The normalized spacial score (nSPS) is 30.0. The number of nitrogens with zero attached hydrogens (tertiary/aromatic N) is 1. The standard InChI is InChI=1S/C9H16N2/c1-7-6-8(11(2)3)4-5-9(7)10/h4-7,9H,10H2,1-3H3. The molecule has 0 aromatic carbocycles. The minimum Gasteiger partial charge on any atom is -0.378 e. The maximum atomic E-state index is 5.79. The predicted octanol–water partition coefficient (Wildman–Crippen LogP) is 0.965. The second-order valence-electron chi connectivity index (χ2n) is 3.28. The lowest BCUT2D eigenvalue weighted by Gasteiger charge is -2.23. The summed E-state index contributed by atoms with van der Waals surface area (Å²) in [7, 11) is 4.08. The zero-order valence-electron chi connectivity index (χ0n) is 7.41. The van der Waals surface area contributed by atoms with Gasteiger partial charge in [0.1, 0.15) is 0 Å². The maximum absolute atomic E-state index is 5.79. The van der Waals surface area contributed by atoms with Gasteiger partial charge in [-0.2, -0.15) is 0 Å². The Balaban J connectivity index is 2.72. The fourth-order valence-corrected chi connectivity index (χ4v) is 1.12. The van der Waals surface area contributed by atoms with Crippen LogP contribution in [0.5, 0.6) is 0 Å². The molecule has 2 atom stereocenters. The molecule has 0 spiro atoms. The molecule has 1 aliphatic carbocycles. The van der Waals surface area contributed by atoms with Gasteiger partial charge in [-0.3, -0.25) is 0 Å². The molecule has 0 amide bonds. The van der Waals surface area contributed by atoms with E-state index in [1.165, 1.54) is 5.70 Å². The van der Waals surface area contributed by atoms with Crippen LogP contribution >= 0.6 is 0 Å². The summed E-state index contributed by atoms with van der Waals surface area (Å²) in [5.41, 5.74) is 7.04. The molecule has 0 aromatic rings. The third-order valence-corrected chi connectivity index (χ3v) is 2.05. The highest BCUT2D eigenvalue weighted by atomic mass is 15.1. The van der Waals surface area contributed by atoms with Crippen LogP contribution in [0.2, 0.25) is 0 Å². The van der Waals surface area contributed by atoms with Crippen LogP contribution in [0.4, 0.5) is 0 Å². The first-order valence-electron chi connectivity index (χ1n) is 3.94. The SMILES string of the molecule is CC1C=C(N(C)C)C=CC1N. The van der Waals surface area contributed by atoms with E-state index in [2.05, 4.69) is 30.1 Å².